The molecule has 0 bridgehead atoms. The minimum absolute atomic E-state index is 0.339. The van der Waals surface area contributed by atoms with Crippen molar-refractivity contribution in [3.8, 4) is 56.8 Å². The molecule has 9 aromatic carbocycles. The lowest BCUT2D eigenvalue weighted by molar-refractivity contribution is 0.425. The summed E-state index contributed by atoms with van der Waals surface area (Å²) in [6.45, 7) is 4.75. The summed E-state index contributed by atoms with van der Waals surface area (Å²) in [5, 5.41) is 4.81. The number of rotatable bonds is 4. The Labute approximate surface area is 354 Å². The second-order valence-electron chi connectivity index (χ2n) is 16.7. The zero-order chi connectivity index (χ0) is 40.7. The van der Waals surface area contributed by atoms with Crippen molar-refractivity contribution in [2.75, 3.05) is 0 Å². The summed E-state index contributed by atoms with van der Waals surface area (Å²) in [7, 11) is 0. The van der Waals surface area contributed by atoms with Crippen LogP contribution in [0.1, 0.15) is 47.2 Å². The third-order valence-electron chi connectivity index (χ3n) is 13.0. The van der Waals surface area contributed by atoms with Crippen molar-refractivity contribution in [3.05, 3.63) is 234 Å². The Kier molecular flexibility index (Phi) is 7.76. The minimum atomic E-state index is -0.597. The molecule has 0 N–H and O–H groups in total. The van der Waals surface area contributed by atoms with E-state index in [1.807, 2.05) is 18.2 Å². The van der Waals surface area contributed by atoms with Crippen LogP contribution in [0.5, 0.6) is 11.5 Å². The predicted molar refractivity (Wildman–Crippen MR) is 247 cm³/mol. The highest BCUT2D eigenvalue weighted by Gasteiger charge is 2.53. The smallest absolute Gasteiger partial charge is 0.164 e. The maximum absolute atomic E-state index is 6.67. The molecule has 61 heavy (non-hydrogen) atoms. The summed E-state index contributed by atoms with van der Waals surface area (Å²) < 4.78 is 6.67. The first kappa shape index (κ1) is 35.3. The second-order valence-corrected chi connectivity index (χ2v) is 16.7. The summed E-state index contributed by atoms with van der Waals surface area (Å²) in [4.78, 5) is 15.5. The van der Waals surface area contributed by atoms with Gasteiger partial charge in [-0.15, -0.1) is 0 Å². The van der Waals surface area contributed by atoms with Crippen LogP contribution in [0.3, 0.4) is 0 Å². The molecular weight excluding hydrogens is 743 g/mol. The van der Waals surface area contributed by atoms with E-state index in [1.54, 1.807) is 0 Å². The third kappa shape index (κ3) is 5.28. The molecule has 1 aliphatic carbocycles. The molecule has 4 heteroatoms. The van der Waals surface area contributed by atoms with Crippen LogP contribution >= 0.6 is 0 Å². The summed E-state index contributed by atoms with van der Waals surface area (Å²) in [6.07, 6.45) is 0. The second kappa shape index (κ2) is 13.4. The van der Waals surface area contributed by atoms with Crippen molar-refractivity contribution in [2.45, 2.75) is 24.7 Å². The van der Waals surface area contributed by atoms with Gasteiger partial charge in [-0.2, -0.15) is 0 Å². The van der Waals surface area contributed by atoms with Crippen LogP contribution in [0.2, 0.25) is 0 Å². The number of nitrogens with zero attached hydrogens (tertiary/aromatic N) is 3. The molecule has 0 amide bonds. The molecule has 1 spiro atoms. The number of benzene rings is 9. The fourth-order valence-electron chi connectivity index (χ4n) is 10.3. The Morgan fingerprint density at radius 2 is 0.885 bits per heavy atom. The van der Waals surface area contributed by atoms with Crippen LogP contribution in [0.4, 0.5) is 0 Å². The summed E-state index contributed by atoms with van der Waals surface area (Å²) >= 11 is 0. The van der Waals surface area contributed by atoms with Gasteiger partial charge >= 0.3 is 0 Å². The van der Waals surface area contributed by atoms with E-state index in [0.29, 0.717) is 17.5 Å². The molecular formula is C57H39N3O. The maximum atomic E-state index is 6.67. The van der Waals surface area contributed by atoms with Crippen molar-refractivity contribution in [1.82, 2.24) is 15.0 Å². The minimum Gasteiger partial charge on any atom is -0.457 e. The summed E-state index contributed by atoms with van der Waals surface area (Å²) in [5.74, 6) is 3.67. The molecule has 10 aromatic rings. The molecule has 2 aliphatic rings. The summed E-state index contributed by atoms with van der Waals surface area (Å²) in [6, 6.07) is 71.3. The topological polar surface area (TPSA) is 47.9 Å². The molecule has 0 radical (unpaired) electrons. The van der Waals surface area contributed by atoms with Gasteiger partial charge in [0.25, 0.3) is 0 Å². The first-order valence-corrected chi connectivity index (χ1v) is 20.9. The van der Waals surface area contributed by atoms with E-state index in [2.05, 4.69) is 196 Å². The standard InChI is InChI=1S/C57H39N3O/c1-56(2)45-23-8-9-24-46(45)57(47-25-10-12-28-50(47)61-51-29-13-11-26-48(51)57)49-27-15-22-44(52(49)56)38-19-14-20-40(34-38)54-58-53(37-17-4-3-5-18-37)59-55(60-54)41-32-33-43-39(35-41)31-30-36-16-6-7-21-42(36)43/h3-35H,1-2H3. The molecule has 1 aliphatic heterocycles. The summed E-state index contributed by atoms with van der Waals surface area (Å²) in [5.41, 5.74) is 11.6. The van der Waals surface area contributed by atoms with E-state index in [1.165, 1.54) is 44.0 Å². The molecule has 0 unspecified atom stereocenters. The average molecular weight is 782 g/mol. The zero-order valence-electron chi connectivity index (χ0n) is 33.8. The van der Waals surface area contributed by atoms with Gasteiger partial charge in [-0.05, 0) is 79.2 Å². The largest absolute Gasteiger partial charge is 0.457 e. The molecule has 0 saturated heterocycles. The van der Waals surface area contributed by atoms with Crippen LogP contribution < -0.4 is 4.74 Å². The Morgan fingerprint density at radius 3 is 1.64 bits per heavy atom. The number of fused-ring (bicyclic) bond motifs is 11. The first-order chi connectivity index (χ1) is 30.0. The molecule has 0 fully saturated rings. The van der Waals surface area contributed by atoms with Gasteiger partial charge in [-0.3, -0.25) is 0 Å². The van der Waals surface area contributed by atoms with Gasteiger partial charge in [0, 0.05) is 33.2 Å². The molecule has 288 valence electrons. The molecule has 4 nitrogen and oxygen atoms in total. The highest BCUT2D eigenvalue weighted by atomic mass is 16.5. The third-order valence-corrected chi connectivity index (χ3v) is 13.0. The lowest BCUT2D eigenvalue weighted by atomic mass is 9.53. The van der Waals surface area contributed by atoms with E-state index in [0.717, 1.165) is 50.3 Å². The van der Waals surface area contributed by atoms with Gasteiger partial charge < -0.3 is 4.74 Å². The van der Waals surface area contributed by atoms with Gasteiger partial charge in [0.05, 0.1) is 5.41 Å². The lowest BCUT2D eigenvalue weighted by Gasteiger charge is -2.50. The van der Waals surface area contributed by atoms with Gasteiger partial charge in [0.15, 0.2) is 17.5 Å². The van der Waals surface area contributed by atoms with Crippen molar-refractivity contribution < 1.29 is 4.74 Å². The quantitative estimate of drug-likeness (QED) is 0.167. The number of ether oxygens (including phenoxy) is 1. The van der Waals surface area contributed by atoms with Gasteiger partial charge in [-0.25, -0.2) is 15.0 Å². The van der Waals surface area contributed by atoms with E-state index in [4.69, 9.17) is 19.7 Å². The Hall–Kier alpha value is -7.69. The van der Waals surface area contributed by atoms with Gasteiger partial charge in [0.2, 0.25) is 0 Å². The van der Waals surface area contributed by atoms with Crippen molar-refractivity contribution >= 4 is 21.5 Å². The van der Waals surface area contributed by atoms with E-state index < -0.39 is 5.41 Å². The molecule has 2 heterocycles. The van der Waals surface area contributed by atoms with Crippen LogP contribution in [0.25, 0.3) is 66.8 Å². The maximum Gasteiger partial charge on any atom is 0.164 e. The van der Waals surface area contributed by atoms with E-state index in [-0.39, 0.29) is 5.41 Å². The number of hydrogen-bond donors (Lipinski definition) is 0. The number of para-hydroxylation sites is 2. The molecule has 12 rings (SSSR count). The molecule has 0 saturated carbocycles. The van der Waals surface area contributed by atoms with Crippen LogP contribution in [-0.2, 0) is 10.8 Å². The van der Waals surface area contributed by atoms with Crippen molar-refractivity contribution in [3.63, 3.8) is 0 Å². The number of aromatic nitrogens is 3. The highest BCUT2D eigenvalue weighted by molar-refractivity contribution is 6.08. The normalized spacial score (nSPS) is 14.1. The molecule has 1 aromatic heterocycles. The predicted octanol–water partition coefficient (Wildman–Crippen LogP) is 14.0. The first-order valence-electron chi connectivity index (χ1n) is 20.9. The molecule has 0 atom stereocenters. The lowest BCUT2D eigenvalue weighted by Crippen LogP contribution is -2.43. The fraction of sp³-hybridized carbons (Fsp3) is 0.0702. The Balaban J connectivity index is 1.06. The Bertz CT molecular complexity index is 3340. The van der Waals surface area contributed by atoms with Crippen molar-refractivity contribution in [1.29, 1.82) is 0 Å². The Morgan fingerprint density at radius 1 is 0.361 bits per heavy atom. The van der Waals surface area contributed by atoms with E-state index >= 15 is 0 Å². The monoisotopic (exact) mass is 781 g/mol. The van der Waals surface area contributed by atoms with Crippen LogP contribution in [0.15, 0.2) is 200 Å². The van der Waals surface area contributed by atoms with Gasteiger partial charge in [-0.1, -0.05) is 190 Å². The van der Waals surface area contributed by atoms with Crippen LogP contribution in [-0.4, -0.2) is 15.0 Å². The van der Waals surface area contributed by atoms with Gasteiger partial charge in [0.1, 0.15) is 11.5 Å². The van der Waals surface area contributed by atoms with E-state index in [9.17, 15) is 0 Å². The SMILES string of the molecule is CC1(C)c2ccccc2C2(c3ccccc3Oc3ccccc32)c2cccc(-c3cccc(-c4nc(-c5ccccc5)nc(-c5ccc6c(ccc7ccccc76)c5)n4)c3)c21. The van der Waals surface area contributed by atoms with Crippen molar-refractivity contribution in [2.24, 2.45) is 0 Å². The number of hydrogen-bond acceptors (Lipinski definition) is 4. The average Bonchev–Trinajstić information content (AvgIpc) is 3.32. The highest BCUT2D eigenvalue weighted by Crippen LogP contribution is 2.62. The fourth-order valence-corrected chi connectivity index (χ4v) is 10.3. The zero-order valence-corrected chi connectivity index (χ0v) is 33.8. The van der Waals surface area contributed by atoms with Crippen LogP contribution in [0, 0.1) is 0 Å².